The first-order chi connectivity index (χ1) is 14.6. The van der Waals surface area contributed by atoms with E-state index in [1.807, 2.05) is 31.2 Å². The van der Waals surface area contributed by atoms with Crippen molar-refractivity contribution >= 4 is 17.3 Å². The highest BCUT2D eigenvalue weighted by molar-refractivity contribution is 5.94. The summed E-state index contributed by atoms with van der Waals surface area (Å²) in [7, 11) is 0. The van der Waals surface area contributed by atoms with Gasteiger partial charge < -0.3 is 19.9 Å². The number of hydrogen-bond acceptors (Lipinski definition) is 4. The van der Waals surface area contributed by atoms with Crippen LogP contribution in [-0.4, -0.2) is 45.3 Å². The molecule has 2 fully saturated rings. The number of carbonyl (C=O) groups is 1. The van der Waals surface area contributed by atoms with E-state index in [9.17, 15) is 4.79 Å². The largest absolute Gasteiger partial charge is 0.378 e. The molecule has 0 unspecified atom stereocenters. The minimum atomic E-state index is -0.0371. The third kappa shape index (κ3) is 4.96. The van der Waals surface area contributed by atoms with Crippen molar-refractivity contribution in [3.63, 3.8) is 0 Å². The Morgan fingerprint density at radius 3 is 2.27 bits per heavy atom. The van der Waals surface area contributed by atoms with Gasteiger partial charge in [-0.1, -0.05) is 19.1 Å². The maximum atomic E-state index is 12.7. The fraction of sp³-hybridized carbons (Fsp3) is 0.480. The van der Waals surface area contributed by atoms with Crippen molar-refractivity contribution in [2.75, 3.05) is 49.2 Å². The molecule has 0 spiro atoms. The van der Waals surface area contributed by atoms with Crippen LogP contribution in [0.3, 0.4) is 0 Å². The molecule has 0 aliphatic carbocycles. The van der Waals surface area contributed by atoms with Crippen LogP contribution in [0.15, 0.2) is 48.5 Å². The molecule has 2 aromatic carbocycles. The first-order valence-corrected chi connectivity index (χ1v) is 11.2. The maximum absolute atomic E-state index is 12.7. The van der Waals surface area contributed by atoms with E-state index in [1.54, 1.807) is 0 Å². The zero-order chi connectivity index (χ0) is 20.9. The number of benzene rings is 2. The average Bonchev–Trinajstić information content (AvgIpc) is 2.80. The second kappa shape index (κ2) is 9.52. The molecule has 2 heterocycles. The zero-order valence-electron chi connectivity index (χ0n) is 18.1. The highest BCUT2D eigenvalue weighted by atomic mass is 16.5. The molecule has 5 nitrogen and oxygen atoms in total. The van der Waals surface area contributed by atoms with E-state index >= 15 is 0 Å². The van der Waals surface area contributed by atoms with Crippen molar-refractivity contribution in [3.8, 4) is 0 Å². The molecule has 5 heteroatoms. The molecule has 0 bridgehead atoms. The second-order valence-corrected chi connectivity index (χ2v) is 8.63. The van der Waals surface area contributed by atoms with Crippen molar-refractivity contribution in [3.05, 3.63) is 59.7 Å². The summed E-state index contributed by atoms with van der Waals surface area (Å²) in [5, 5.41) is 3.13. The molecule has 1 N–H and O–H groups in total. The third-order valence-electron chi connectivity index (χ3n) is 6.27. The molecular weight excluding hydrogens is 374 g/mol. The Balaban J connectivity index is 1.34. The Bertz CT molecular complexity index is 828. The summed E-state index contributed by atoms with van der Waals surface area (Å²) in [6.07, 6.45) is 2.59. The van der Waals surface area contributed by atoms with Gasteiger partial charge in [0.2, 0.25) is 0 Å². The highest BCUT2D eigenvalue weighted by Crippen LogP contribution is 2.25. The fourth-order valence-corrected chi connectivity index (χ4v) is 4.41. The Kier molecular flexibility index (Phi) is 6.58. The summed E-state index contributed by atoms with van der Waals surface area (Å²) in [5.74, 6) is 0.719. The molecule has 2 saturated heterocycles. The molecule has 160 valence electrons. The highest BCUT2D eigenvalue weighted by Gasteiger charge is 2.18. The lowest BCUT2D eigenvalue weighted by molar-refractivity contribution is 0.0940. The predicted octanol–water partition coefficient (Wildman–Crippen LogP) is 4.25. The van der Waals surface area contributed by atoms with Gasteiger partial charge in [-0.15, -0.1) is 0 Å². The monoisotopic (exact) mass is 407 g/mol. The van der Waals surface area contributed by atoms with Gasteiger partial charge in [-0.3, -0.25) is 4.79 Å². The summed E-state index contributed by atoms with van der Waals surface area (Å²) in [6, 6.07) is 16.5. The van der Waals surface area contributed by atoms with Crippen LogP contribution in [0.1, 0.15) is 48.7 Å². The van der Waals surface area contributed by atoms with Gasteiger partial charge in [0.05, 0.1) is 19.3 Å². The van der Waals surface area contributed by atoms with Crippen molar-refractivity contribution in [2.24, 2.45) is 5.92 Å². The normalized spacial score (nSPS) is 20.7. The van der Waals surface area contributed by atoms with Gasteiger partial charge >= 0.3 is 0 Å². The van der Waals surface area contributed by atoms with Crippen molar-refractivity contribution in [2.45, 2.75) is 32.7 Å². The number of ether oxygens (including phenoxy) is 1. The number of piperidine rings is 1. The Morgan fingerprint density at radius 2 is 1.60 bits per heavy atom. The van der Waals surface area contributed by atoms with Crippen molar-refractivity contribution in [1.29, 1.82) is 0 Å². The first kappa shape index (κ1) is 20.7. The molecule has 0 aromatic heterocycles. The van der Waals surface area contributed by atoms with E-state index in [0.717, 1.165) is 56.6 Å². The lowest BCUT2D eigenvalue weighted by Crippen LogP contribution is -2.36. The topological polar surface area (TPSA) is 44.8 Å². The number of carbonyl (C=O) groups excluding carboxylic acids is 1. The SMILES string of the molecule is C[C@@H]1CCCN(c2ccc([C@@H](C)NC(=O)c3ccc(N4CCOCC4)cc3)cc2)C1. The van der Waals surface area contributed by atoms with Crippen LogP contribution in [0.25, 0.3) is 0 Å². The van der Waals surface area contributed by atoms with Gasteiger partial charge in [0.1, 0.15) is 0 Å². The molecule has 2 aliphatic rings. The second-order valence-electron chi connectivity index (χ2n) is 8.63. The number of amides is 1. The smallest absolute Gasteiger partial charge is 0.251 e. The molecule has 4 rings (SSSR count). The Labute approximate surface area is 180 Å². The number of hydrogen-bond donors (Lipinski definition) is 1. The van der Waals surface area contributed by atoms with Crippen molar-refractivity contribution < 1.29 is 9.53 Å². The van der Waals surface area contributed by atoms with Crippen LogP contribution in [0.2, 0.25) is 0 Å². The number of anilines is 2. The molecule has 2 aromatic rings. The van der Waals surface area contributed by atoms with Gasteiger partial charge in [0.25, 0.3) is 5.91 Å². The molecule has 0 radical (unpaired) electrons. The number of nitrogens with zero attached hydrogens (tertiary/aromatic N) is 2. The Hall–Kier alpha value is -2.53. The van der Waals surface area contributed by atoms with Crippen molar-refractivity contribution in [1.82, 2.24) is 5.32 Å². The zero-order valence-corrected chi connectivity index (χ0v) is 18.1. The van der Waals surface area contributed by atoms with Crippen LogP contribution in [0, 0.1) is 5.92 Å². The predicted molar refractivity (Wildman–Crippen MR) is 122 cm³/mol. The van der Waals surface area contributed by atoms with Gasteiger partial charge in [-0.2, -0.15) is 0 Å². The van der Waals surface area contributed by atoms with E-state index < -0.39 is 0 Å². The molecule has 1 amide bonds. The molecule has 30 heavy (non-hydrogen) atoms. The summed E-state index contributed by atoms with van der Waals surface area (Å²) < 4.78 is 5.41. The van der Waals surface area contributed by atoms with E-state index in [2.05, 4.69) is 46.3 Å². The molecule has 2 aliphatic heterocycles. The van der Waals surface area contributed by atoms with Gasteiger partial charge in [-0.05, 0) is 67.6 Å². The summed E-state index contributed by atoms with van der Waals surface area (Å²) >= 11 is 0. The van der Waals surface area contributed by atoms with Crippen LogP contribution in [0.5, 0.6) is 0 Å². The molecule has 2 atom stereocenters. The average molecular weight is 408 g/mol. The summed E-state index contributed by atoms with van der Waals surface area (Å²) in [5.41, 5.74) is 4.24. The summed E-state index contributed by atoms with van der Waals surface area (Å²) in [4.78, 5) is 17.5. The van der Waals surface area contributed by atoms with Gasteiger partial charge in [0, 0.05) is 43.1 Å². The minimum absolute atomic E-state index is 0.0363. The van der Waals surface area contributed by atoms with Gasteiger partial charge in [0.15, 0.2) is 0 Å². The third-order valence-corrected chi connectivity index (χ3v) is 6.27. The van der Waals surface area contributed by atoms with Crippen LogP contribution >= 0.6 is 0 Å². The first-order valence-electron chi connectivity index (χ1n) is 11.2. The maximum Gasteiger partial charge on any atom is 0.251 e. The molecular formula is C25H33N3O2. The fourth-order valence-electron chi connectivity index (χ4n) is 4.41. The lowest BCUT2D eigenvalue weighted by atomic mass is 9.99. The van der Waals surface area contributed by atoms with E-state index in [1.165, 1.54) is 18.5 Å². The Morgan fingerprint density at radius 1 is 0.967 bits per heavy atom. The minimum Gasteiger partial charge on any atom is -0.378 e. The molecule has 0 saturated carbocycles. The standard InChI is InChI=1S/C25H33N3O2/c1-19-4-3-13-28(18-19)24-9-5-21(6-10-24)20(2)26-25(29)22-7-11-23(12-8-22)27-14-16-30-17-15-27/h5-12,19-20H,3-4,13-18H2,1-2H3,(H,26,29)/t19-,20-/m1/s1. The number of rotatable bonds is 5. The van der Waals surface area contributed by atoms with Gasteiger partial charge in [-0.25, -0.2) is 0 Å². The summed E-state index contributed by atoms with van der Waals surface area (Å²) in [6.45, 7) is 9.95. The van der Waals surface area contributed by atoms with E-state index in [0.29, 0.717) is 5.56 Å². The van der Waals surface area contributed by atoms with E-state index in [4.69, 9.17) is 4.74 Å². The van der Waals surface area contributed by atoms with E-state index in [-0.39, 0.29) is 11.9 Å². The quantitative estimate of drug-likeness (QED) is 0.805. The van der Waals surface area contributed by atoms with Crippen LogP contribution < -0.4 is 15.1 Å². The van der Waals surface area contributed by atoms with Crippen LogP contribution in [-0.2, 0) is 4.74 Å². The number of nitrogens with one attached hydrogen (secondary N) is 1. The number of morpholine rings is 1. The lowest BCUT2D eigenvalue weighted by Gasteiger charge is -2.33. The van der Waals surface area contributed by atoms with Crippen LogP contribution in [0.4, 0.5) is 11.4 Å².